The number of hydrogen-bond donors (Lipinski definition) is 2. The molecule has 0 aliphatic carbocycles. The van der Waals surface area contributed by atoms with Gasteiger partial charge < -0.3 is 20.1 Å². The van der Waals surface area contributed by atoms with Crippen molar-refractivity contribution in [2.75, 3.05) is 13.1 Å². The summed E-state index contributed by atoms with van der Waals surface area (Å²) < 4.78 is 5.52. The van der Waals surface area contributed by atoms with Crippen LogP contribution in [-0.4, -0.2) is 35.1 Å². The van der Waals surface area contributed by atoms with Crippen LogP contribution in [0.4, 0.5) is 4.79 Å². The predicted octanol–water partition coefficient (Wildman–Crippen LogP) is 3.57. The second kappa shape index (κ2) is 8.33. The second-order valence-electron chi connectivity index (χ2n) is 7.50. The monoisotopic (exact) mass is 382 g/mol. The summed E-state index contributed by atoms with van der Waals surface area (Å²) in [5, 5.41) is 12.4. The van der Waals surface area contributed by atoms with Crippen molar-refractivity contribution in [2.24, 2.45) is 5.92 Å². The van der Waals surface area contributed by atoms with Crippen LogP contribution < -0.4 is 10.1 Å². The number of nitrogens with one attached hydrogen (secondary N) is 1. The molecule has 6 heteroatoms. The number of likely N-dealkylation sites (tertiary alicyclic amines) is 1. The number of phenols is 1. The third kappa shape index (κ3) is 4.44. The van der Waals surface area contributed by atoms with E-state index in [1.54, 1.807) is 18.2 Å². The number of hydrogen-bond acceptors (Lipinski definition) is 4. The molecule has 6 nitrogen and oxygen atoms in total. The first-order chi connectivity index (χ1) is 13.3. The quantitative estimate of drug-likeness (QED) is 0.829. The number of carbonyl (C=O) groups excluding carboxylic acids is 2. The average molecular weight is 382 g/mol. The van der Waals surface area contributed by atoms with Gasteiger partial charge in [-0.15, -0.1) is 0 Å². The number of aryl methyl sites for hydroxylation is 1. The van der Waals surface area contributed by atoms with Crippen molar-refractivity contribution in [3.63, 3.8) is 0 Å². The molecule has 2 aromatic rings. The maximum absolute atomic E-state index is 12.3. The van der Waals surface area contributed by atoms with E-state index < -0.39 is 6.09 Å². The maximum Gasteiger partial charge on any atom is 0.415 e. The Labute approximate surface area is 165 Å². The van der Waals surface area contributed by atoms with E-state index >= 15 is 0 Å². The fourth-order valence-electron chi connectivity index (χ4n) is 3.16. The molecule has 0 unspecified atom stereocenters. The number of para-hydroxylation sites is 1. The summed E-state index contributed by atoms with van der Waals surface area (Å²) >= 11 is 0. The molecule has 2 amide bonds. The number of aromatic hydroxyl groups is 1. The van der Waals surface area contributed by atoms with Gasteiger partial charge in [0.15, 0.2) is 0 Å². The second-order valence-corrected chi connectivity index (χ2v) is 7.50. The lowest BCUT2D eigenvalue weighted by molar-refractivity contribution is -0.129. The number of carbonyl (C=O) groups is 2. The molecule has 1 fully saturated rings. The van der Waals surface area contributed by atoms with E-state index in [2.05, 4.69) is 5.32 Å². The van der Waals surface area contributed by atoms with E-state index in [9.17, 15) is 14.7 Å². The molecule has 0 atom stereocenters. The van der Waals surface area contributed by atoms with Gasteiger partial charge in [-0.2, -0.15) is 0 Å². The first-order valence-electron chi connectivity index (χ1n) is 9.47. The summed E-state index contributed by atoms with van der Waals surface area (Å²) in [5.41, 5.74) is 2.67. The number of nitrogens with zero attached hydrogens (tertiary/aromatic N) is 1. The smallest absolute Gasteiger partial charge is 0.415 e. The van der Waals surface area contributed by atoms with Crippen LogP contribution in [0, 0.1) is 12.8 Å². The molecular formula is C22H26N2O4. The standard InChI is InChI=1S/C22H26N2O4/c1-14(2)18-6-4-5-7-20(18)28-22(27)24-12-17(13-24)21(26)23-11-16-8-9-19(25)15(3)10-16/h4-10,14,17,25H,11-13H2,1-3H3,(H,23,26). The fourth-order valence-corrected chi connectivity index (χ4v) is 3.16. The maximum atomic E-state index is 12.3. The van der Waals surface area contributed by atoms with E-state index in [4.69, 9.17) is 4.74 Å². The predicted molar refractivity (Wildman–Crippen MR) is 106 cm³/mol. The summed E-state index contributed by atoms with van der Waals surface area (Å²) in [7, 11) is 0. The molecule has 0 aromatic heterocycles. The number of ether oxygens (including phenoxy) is 1. The first-order valence-corrected chi connectivity index (χ1v) is 9.47. The van der Waals surface area contributed by atoms with Crippen molar-refractivity contribution in [1.82, 2.24) is 10.2 Å². The molecule has 0 bridgehead atoms. The van der Waals surface area contributed by atoms with E-state index in [1.807, 2.05) is 45.0 Å². The van der Waals surface area contributed by atoms with Gasteiger partial charge in [0.1, 0.15) is 11.5 Å². The number of rotatable bonds is 5. The molecule has 1 saturated heterocycles. The number of amides is 2. The summed E-state index contributed by atoms with van der Waals surface area (Å²) in [6.45, 7) is 7.00. The minimum absolute atomic E-state index is 0.0858. The van der Waals surface area contributed by atoms with Crippen molar-refractivity contribution in [1.29, 1.82) is 0 Å². The molecule has 2 N–H and O–H groups in total. The zero-order valence-corrected chi connectivity index (χ0v) is 16.4. The van der Waals surface area contributed by atoms with Crippen molar-refractivity contribution >= 4 is 12.0 Å². The SMILES string of the molecule is Cc1cc(CNC(=O)C2CN(C(=O)Oc3ccccc3C(C)C)C2)ccc1O. The van der Waals surface area contributed by atoms with Gasteiger partial charge in [-0.05, 0) is 41.7 Å². The molecule has 148 valence electrons. The molecule has 28 heavy (non-hydrogen) atoms. The van der Waals surface area contributed by atoms with Gasteiger partial charge in [-0.3, -0.25) is 4.79 Å². The van der Waals surface area contributed by atoms with Crippen molar-refractivity contribution in [3.8, 4) is 11.5 Å². The highest BCUT2D eigenvalue weighted by atomic mass is 16.6. The van der Waals surface area contributed by atoms with Crippen molar-refractivity contribution in [2.45, 2.75) is 33.2 Å². The number of benzene rings is 2. The largest absolute Gasteiger partial charge is 0.508 e. The van der Waals surface area contributed by atoms with E-state index in [-0.39, 0.29) is 23.5 Å². The molecule has 1 aliphatic heterocycles. The Bertz CT molecular complexity index is 873. The molecule has 3 rings (SSSR count). The van der Waals surface area contributed by atoms with Crippen LogP contribution in [0.3, 0.4) is 0 Å². The van der Waals surface area contributed by atoms with Crippen LogP contribution in [0.25, 0.3) is 0 Å². The van der Waals surface area contributed by atoms with Gasteiger partial charge in [-0.25, -0.2) is 4.79 Å². The highest BCUT2D eigenvalue weighted by Crippen LogP contribution is 2.27. The number of phenolic OH excluding ortho intramolecular Hbond substituents is 1. The fraction of sp³-hybridized carbons (Fsp3) is 0.364. The van der Waals surface area contributed by atoms with Crippen LogP contribution >= 0.6 is 0 Å². The van der Waals surface area contributed by atoms with Crippen LogP contribution in [0.5, 0.6) is 11.5 Å². The highest BCUT2D eigenvalue weighted by Gasteiger charge is 2.36. The van der Waals surface area contributed by atoms with Gasteiger partial charge in [0.05, 0.1) is 5.92 Å². The lowest BCUT2D eigenvalue weighted by Gasteiger charge is -2.37. The van der Waals surface area contributed by atoms with E-state index in [0.717, 1.165) is 16.7 Å². The summed E-state index contributed by atoms with van der Waals surface area (Å²) in [6.07, 6.45) is -0.425. The molecule has 0 saturated carbocycles. The molecule has 2 aromatic carbocycles. The normalized spacial score (nSPS) is 13.9. The summed E-state index contributed by atoms with van der Waals surface area (Å²) in [6, 6.07) is 12.7. The Hall–Kier alpha value is -3.02. The molecule has 0 spiro atoms. The van der Waals surface area contributed by atoms with Crippen LogP contribution in [-0.2, 0) is 11.3 Å². The molecular weight excluding hydrogens is 356 g/mol. The molecule has 1 aliphatic rings. The Kier molecular flexibility index (Phi) is 5.87. The highest BCUT2D eigenvalue weighted by molar-refractivity contribution is 5.83. The zero-order chi connectivity index (χ0) is 20.3. The third-order valence-electron chi connectivity index (χ3n) is 4.98. The Morgan fingerprint density at radius 2 is 1.93 bits per heavy atom. The van der Waals surface area contributed by atoms with Gasteiger partial charge in [0.2, 0.25) is 5.91 Å². The van der Waals surface area contributed by atoms with Crippen LogP contribution in [0.1, 0.15) is 36.5 Å². The van der Waals surface area contributed by atoms with Crippen molar-refractivity contribution < 1.29 is 19.4 Å². The Balaban J connectivity index is 1.47. The minimum atomic E-state index is -0.425. The van der Waals surface area contributed by atoms with E-state index in [0.29, 0.717) is 25.4 Å². The summed E-state index contributed by atoms with van der Waals surface area (Å²) in [4.78, 5) is 26.1. The molecule has 0 radical (unpaired) electrons. The van der Waals surface area contributed by atoms with E-state index in [1.165, 1.54) is 4.90 Å². The zero-order valence-electron chi connectivity index (χ0n) is 16.4. The van der Waals surface area contributed by atoms with Crippen LogP contribution in [0.2, 0.25) is 0 Å². The Morgan fingerprint density at radius 3 is 2.61 bits per heavy atom. The third-order valence-corrected chi connectivity index (χ3v) is 4.98. The van der Waals surface area contributed by atoms with Gasteiger partial charge in [-0.1, -0.05) is 44.2 Å². The van der Waals surface area contributed by atoms with Gasteiger partial charge in [0, 0.05) is 19.6 Å². The lowest BCUT2D eigenvalue weighted by Crippen LogP contribution is -2.56. The first kappa shape index (κ1) is 19.7. The average Bonchev–Trinajstić information content (AvgIpc) is 2.61. The lowest BCUT2D eigenvalue weighted by atomic mass is 9.99. The van der Waals surface area contributed by atoms with Gasteiger partial charge >= 0.3 is 6.09 Å². The minimum Gasteiger partial charge on any atom is -0.508 e. The van der Waals surface area contributed by atoms with Crippen molar-refractivity contribution in [3.05, 3.63) is 59.2 Å². The Morgan fingerprint density at radius 1 is 1.21 bits per heavy atom. The topological polar surface area (TPSA) is 78.9 Å². The summed E-state index contributed by atoms with van der Waals surface area (Å²) in [5.74, 6) is 0.742. The molecule has 1 heterocycles. The van der Waals surface area contributed by atoms with Crippen LogP contribution in [0.15, 0.2) is 42.5 Å². The van der Waals surface area contributed by atoms with Gasteiger partial charge in [0.25, 0.3) is 0 Å².